The van der Waals surface area contributed by atoms with E-state index in [1.165, 1.54) is 0 Å². The highest BCUT2D eigenvalue weighted by Crippen LogP contribution is 2.08. The maximum Gasteiger partial charge on any atom is 0.310 e. The zero-order valence-corrected chi connectivity index (χ0v) is 8.89. The lowest BCUT2D eigenvalue weighted by Crippen LogP contribution is -2.20. The molecule has 0 aliphatic heterocycles. The molecule has 1 atom stereocenters. The summed E-state index contributed by atoms with van der Waals surface area (Å²) >= 11 is 4.44. The summed E-state index contributed by atoms with van der Waals surface area (Å²) in [5.41, 5.74) is 0. The molecule has 3 nitrogen and oxygen atoms in total. The molecule has 0 saturated carbocycles. The van der Waals surface area contributed by atoms with Gasteiger partial charge in [-0.15, -0.1) is 0 Å². The summed E-state index contributed by atoms with van der Waals surface area (Å²) in [4.78, 5) is 15.1. The van der Waals surface area contributed by atoms with Crippen LogP contribution >= 0.6 is 12.2 Å². The lowest BCUT2D eigenvalue weighted by Gasteiger charge is -2.10. The fraction of sp³-hybridized carbons (Fsp3) is 0.778. The molecule has 13 heavy (non-hydrogen) atoms. The Morgan fingerprint density at radius 3 is 2.77 bits per heavy atom. The summed E-state index contributed by atoms with van der Waals surface area (Å²) in [6.07, 6.45) is 1.73. The van der Waals surface area contributed by atoms with Crippen LogP contribution in [-0.2, 0) is 9.53 Å². The van der Waals surface area contributed by atoms with Gasteiger partial charge in [0.2, 0.25) is 0 Å². The van der Waals surface area contributed by atoms with E-state index in [9.17, 15) is 4.79 Å². The second kappa shape index (κ2) is 7.90. The van der Waals surface area contributed by atoms with Crippen molar-refractivity contribution < 1.29 is 9.53 Å². The maximum absolute atomic E-state index is 11.3. The lowest BCUT2D eigenvalue weighted by atomic mass is 10.0. The summed E-state index contributed by atoms with van der Waals surface area (Å²) in [6, 6.07) is 0. The molecular formula is C9H15NO2S. The van der Waals surface area contributed by atoms with Crippen molar-refractivity contribution in [3.63, 3.8) is 0 Å². The summed E-state index contributed by atoms with van der Waals surface area (Å²) in [5, 5.41) is 2.25. The standard InChI is InChI=1S/C9H15NO2S/c1-3-5-8(6-10-7-13)9(11)12-4-2/h8H,3-6H2,1-2H3. The highest BCUT2D eigenvalue weighted by Gasteiger charge is 2.17. The number of carbonyl (C=O) groups excluding carboxylic acids is 1. The molecule has 0 spiro atoms. The third kappa shape index (κ3) is 5.50. The van der Waals surface area contributed by atoms with Gasteiger partial charge in [-0.05, 0) is 25.6 Å². The maximum atomic E-state index is 11.3. The van der Waals surface area contributed by atoms with Crippen LogP contribution in [0.1, 0.15) is 26.7 Å². The first kappa shape index (κ1) is 12.3. The smallest absolute Gasteiger partial charge is 0.310 e. The Morgan fingerprint density at radius 1 is 1.62 bits per heavy atom. The minimum Gasteiger partial charge on any atom is -0.466 e. The van der Waals surface area contributed by atoms with Crippen LogP contribution in [0.4, 0.5) is 0 Å². The van der Waals surface area contributed by atoms with Gasteiger partial charge in [0.25, 0.3) is 0 Å². The van der Waals surface area contributed by atoms with Gasteiger partial charge in [0, 0.05) is 0 Å². The van der Waals surface area contributed by atoms with Gasteiger partial charge < -0.3 is 4.74 Å². The van der Waals surface area contributed by atoms with Crippen molar-refractivity contribution in [1.29, 1.82) is 0 Å². The Labute approximate surface area is 84.2 Å². The van der Waals surface area contributed by atoms with Crippen molar-refractivity contribution in [2.45, 2.75) is 26.7 Å². The van der Waals surface area contributed by atoms with Crippen molar-refractivity contribution in [1.82, 2.24) is 0 Å². The van der Waals surface area contributed by atoms with Gasteiger partial charge in [0.15, 0.2) is 0 Å². The minimum absolute atomic E-state index is 0.152. The quantitative estimate of drug-likeness (QED) is 0.375. The number of carbonyl (C=O) groups is 1. The fourth-order valence-corrected chi connectivity index (χ4v) is 1.11. The average molecular weight is 201 g/mol. The molecule has 4 heteroatoms. The van der Waals surface area contributed by atoms with E-state index >= 15 is 0 Å². The van der Waals surface area contributed by atoms with Gasteiger partial charge in [0.1, 0.15) is 0 Å². The van der Waals surface area contributed by atoms with Crippen LogP contribution < -0.4 is 0 Å². The largest absolute Gasteiger partial charge is 0.466 e. The first-order valence-corrected chi connectivity index (χ1v) is 4.87. The number of ether oxygens (including phenoxy) is 1. The summed E-state index contributed by atoms with van der Waals surface area (Å²) in [6.45, 7) is 4.63. The molecule has 0 aromatic carbocycles. The molecule has 74 valence electrons. The van der Waals surface area contributed by atoms with E-state index in [2.05, 4.69) is 22.4 Å². The van der Waals surface area contributed by atoms with E-state index in [0.717, 1.165) is 12.8 Å². The molecule has 0 fully saturated rings. The van der Waals surface area contributed by atoms with E-state index in [1.807, 2.05) is 6.92 Å². The number of esters is 1. The molecule has 0 bridgehead atoms. The number of thiocarbonyl (C=S) groups is 1. The van der Waals surface area contributed by atoms with Crippen LogP contribution in [0.3, 0.4) is 0 Å². The molecule has 0 saturated heterocycles. The number of rotatable bonds is 6. The third-order valence-corrected chi connectivity index (χ3v) is 1.76. The first-order chi connectivity index (χ1) is 6.26. The van der Waals surface area contributed by atoms with Crippen LogP contribution in [0, 0.1) is 5.92 Å². The predicted octanol–water partition coefficient (Wildman–Crippen LogP) is 2.07. The molecule has 0 heterocycles. The Hall–Kier alpha value is -0.730. The first-order valence-electron chi connectivity index (χ1n) is 4.46. The molecule has 0 N–H and O–H groups in total. The summed E-state index contributed by atoms with van der Waals surface area (Å²) < 4.78 is 4.89. The number of hydrogen-bond donors (Lipinski definition) is 0. The van der Waals surface area contributed by atoms with Crippen LogP contribution in [0.25, 0.3) is 0 Å². The summed E-state index contributed by atoms with van der Waals surface area (Å²) in [7, 11) is 0. The number of isothiocyanates is 1. The molecule has 1 unspecified atom stereocenters. The molecular weight excluding hydrogens is 186 g/mol. The fourth-order valence-electron chi connectivity index (χ4n) is 1.04. The molecule has 0 aliphatic rings. The number of nitrogens with zero attached hydrogens (tertiary/aromatic N) is 1. The molecule has 0 aromatic rings. The molecule has 0 aliphatic carbocycles. The van der Waals surface area contributed by atoms with Crippen molar-refractivity contribution in [3.8, 4) is 0 Å². The van der Waals surface area contributed by atoms with Gasteiger partial charge in [-0.3, -0.25) is 4.79 Å². The highest BCUT2D eigenvalue weighted by molar-refractivity contribution is 7.78. The second-order valence-corrected chi connectivity index (χ2v) is 2.85. The molecule has 0 rings (SSSR count). The topological polar surface area (TPSA) is 38.7 Å². The monoisotopic (exact) mass is 201 g/mol. The van der Waals surface area contributed by atoms with Gasteiger partial charge >= 0.3 is 5.97 Å². The summed E-state index contributed by atoms with van der Waals surface area (Å²) in [5.74, 6) is -0.334. The zero-order chi connectivity index (χ0) is 10.1. The molecule has 0 aromatic heterocycles. The van der Waals surface area contributed by atoms with Gasteiger partial charge in [0.05, 0.1) is 24.2 Å². The lowest BCUT2D eigenvalue weighted by molar-refractivity contribution is -0.147. The predicted molar refractivity (Wildman–Crippen MR) is 54.9 cm³/mol. The Morgan fingerprint density at radius 2 is 2.31 bits per heavy atom. The van der Waals surface area contributed by atoms with E-state index in [1.54, 1.807) is 6.92 Å². The highest BCUT2D eigenvalue weighted by atomic mass is 32.1. The Kier molecular flexibility index (Phi) is 7.45. The van der Waals surface area contributed by atoms with Crippen molar-refractivity contribution in [2.75, 3.05) is 13.2 Å². The Bertz CT molecular complexity index is 200. The molecule has 0 amide bonds. The van der Waals surface area contributed by atoms with Crippen molar-refractivity contribution in [3.05, 3.63) is 0 Å². The van der Waals surface area contributed by atoms with Gasteiger partial charge in [-0.2, -0.15) is 0 Å². The number of aliphatic imine (C=N–C) groups is 1. The SMILES string of the molecule is CCCC(CN=C=S)C(=O)OCC. The van der Waals surface area contributed by atoms with Gasteiger partial charge in [-0.1, -0.05) is 13.3 Å². The molecule has 0 radical (unpaired) electrons. The van der Waals surface area contributed by atoms with Crippen molar-refractivity contribution >= 4 is 23.3 Å². The normalized spacial score (nSPS) is 11.5. The average Bonchev–Trinajstić information content (AvgIpc) is 2.12. The Balaban J connectivity index is 4.05. The van der Waals surface area contributed by atoms with E-state index < -0.39 is 0 Å². The van der Waals surface area contributed by atoms with Gasteiger partial charge in [-0.25, -0.2) is 4.99 Å². The van der Waals surface area contributed by atoms with Crippen LogP contribution in [0.15, 0.2) is 4.99 Å². The third-order valence-electron chi connectivity index (χ3n) is 1.63. The van der Waals surface area contributed by atoms with Crippen LogP contribution in [0.2, 0.25) is 0 Å². The zero-order valence-electron chi connectivity index (χ0n) is 8.08. The van der Waals surface area contributed by atoms with E-state index in [-0.39, 0.29) is 11.9 Å². The minimum atomic E-state index is -0.182. The van der Waals surface area contributed by atoms with Crippen molar-refractivity contribution in [2.24, 2.45) is 10.9 Å². The van der Waals surface area contributed by atoms with Crippen LogP contribution in [0.5, 0.6) is 0 Å². The van der Waals surface area contributed by atoms with E-state index in [4.69, 9.17) is 4.74 Å². The number of hydrogen-bond acceptors (Lipinski definition) is 4. The second-order valence-electron chi connectivity index (χ2n) is 2.67. The van der Waals surface area contributed by atoms with Crippen LogP contribution in [-0.4, -0.2) is 24.3 Å². The van der Waals surface area contributed by atoms with E-state index in [0.29, 0.717) is 13.2 Å².